The molecule has 0 aliphatic heterocycles. The van der Waals surface area contributed by atoms with Gasteiger partial charge in [0.15, 0.2) is 5.82 Å². The summed E-state index contributed by atoms with van der Waals surface area (Å²) in [7, 11) is 1.58. The highest BCUT2D eigenvalue weighted by atomic mass is 35.5. The van der Waals surface area contributed by atoms with E-state index in [1.165, 1.54) is 0 Å². The zero-order valence-electron chi connectivity index (χ0n) is 10.1. The first kappa shape index (κ1) is 14.2. The Kier molecular flexibility index (Phi) is 6.18. The van der Waals surface area contributed by atoms with Crippen LogP contribution in [0.2, 0.25) is 5.15 Å². The van der Waals surface area contributed by atoms with Gasteiger partial charge in [-0.15, -0.1) is 0 Å². The topological polar surface area (TPSA) is 67.3 Å². The van der Waals surface area contributed by atoms with Crippen molar-refractivity contribution in [3.05, 3.63) is 17.0 Å². The molecular formula is C11H18ClN3O2. The summed E-state index contributed by atoms with van der Waals surface area (Å²) in [6.07, 6.45) is 1.15. The Morgan fingerprint density at radius 3 is 2.94 bits per heavy atom. The van der Waals surface area contributed by atoms with Crippen LogP contribution in [0.15, 0.2) is 6.07 Å². The second kappa shape index (κ2) is 7.42. The second-order valence-electron chi connectivity index (χ2n) is 3.70. The van der Waals surface area contributed by atoms with Gasteiger partial charge in [-0.1, -0.05) is 18.5 Å². The average molecular weight is 260 g/mol. The fourth-order valence-electron chi connectivity index (χ4n) is 1.32. The maximum atomic E-state index is 9.41. The molecule has 0 spiro atoms. The van der Waals surface area contributed by atoms with Crippen LogP contribution in [0.1, 0.15) is 25.6 Å². The van der Waals surface area contributed by atoms with Crippen LogP contribution in [0.3, 0.4) is 0 Å². The highest BCUT2D eigenvalue weighted by Crippen LogP contribution is 2.12. The lowest BCUT2D eigenvalue weighted by Gasteiger charge is -2.10. The fourth-order valence-corrected chi connectivity index (χ4v) is 1.52. The molecule has 0 aromatic carbocycles. The Hall–Kier alpha value is -0.910. The number of aliphatic hydroxyl groups is 1. The molecule has 1 heterocycles. The molecule has 0 aliphatic rings. The molecule has 1 atom stereocenters. The van der Waals surface area contributed by atoms with E-state index in [9.17, 15) is 5.11 Å². The van der Waals surface area contributed by atoms with Crippen molar-refractivity contribution in [1.29, 1.82) is 0 Å². The molecule has 0 aliphatic carbocycles. The Labute approximate surface area is 106 Å². The third-order valence-electron chi connectivity index (χ3n) is 2.27. The van der Waals surface area contributed by atoms with Crippen LogP contribution in [-0.2, 0) is 11.3 Å². The smallest absolute Gasteiger partial charge is 0.158 e. The molecule has 1 aromatic rings. The van der Waals surface area contributed by atoms with Gasteiger partial charge in [0.05, 0.1) is 6.10 Å². The number of hydrogen-bond acceptors (Lipinski definition) is 5. The maximum absolute atomic E-state index is 9.41. The van der Waals surface area contributed by atoms with E-state index in [-0.39, 0.29) is 6.10 Å². The SMILES string of the molecule is CCC(O)CCNc1cc(Cl)nc(COC)n1. The lowest BCUT2D eigenvalue weighted by atomic mass is 10.2. The van der Waals surface area contributed by atoms with Crippen LogP contribution >= 0.6 is 11.6 Å². The predicted molar refractivity (Wildman–Crippen MR) is 67.2 cm³/mol. The lowest BCUT2D eigenvalue weighted by Crippen LogP contribution is -2.13. The largest absolute Gasteiger partial charge is 0.393 e. The molecule has 96 valence electrons. The Bertz CT molecular complexity index is 349. The van der Waals surface area contributed by atoms with Gasteiger partial charge < -0.3 is 15.2 Å². The van der Waals surface area contributed by atoms with E-state index in [1.54, 1.807) is 13.2 Å². The first-order chi connectivity index (χ1) is 8.15. The standard InChI is InChI=1S/C11H18ClN3O2/c1-3-8(16)4-5-13-10-6-9(12)14-11(15-10)7-17-2/h6,8,16H,3-5,7H2,1-2H3,(H,13,14,15). The molecule has 1 rings (SSSR count). The van der Waals surface area contributed by atoms with E-state index in [0.717, 1.165) is 6.42 Å². The lowest BCUT2D eigenvalue weighted by molar-refractivity contribution is 0.164. The molecule has 0 saturated carbocycles. The van der Waals surface area contributed by atoms with E-state index < -0.39 is 0 Å². The van der Waals surface area contributed by atoms with Crippen LogP contribution in [0.5, 0.6) is 0 Å². The minimum absolute atomic E-state index is 0.279. The summed E-state index contributed by atoms with van der Waals surface area (Å²) in [5.74, 6) is 1.19. The zero-order valence-corrected chi connectivity index (χ0v) is 10.9. The van der Waals surface area contributed by atoms with Gasteiger partial charge in [-0.05, 0) is 12.8 Å². The highest BCUT2D eigenvalue weighted by Gasteiger charge is 2.04. The fraction of sp³-hybridized carbons (Fsp3) is 0.636. The number of halogens is 1. The van der Waals surface area contributed by atoms with E-state index >= 15 is 0 Å². The van der Waals surface area contributed by atoms with Gasteiger partial charge >= 0.3 is 0 Å². The van der Waals surface area contributed by atoms with E-state index in [1.807, 2.05) is 6.92 Å². The molecule has 2 N–H and O–H groups in total. The number of methoxy groups -OCH3 is 1. The molecule has 5 nitrogen and oxygen atoms in total. The van der Waals surface area contributed by atoms with Crippen molar-refractivity contribution >= 4 is 17.4 Å². The second-order valence-corrected chi connectivity index (χ2v) is 4.09. The van der Waals surface area contributed by atoms with Crippen molar-refractivity contribution in [1.82, 2.24) is 9.97 Å². The monoisotopic (exact) mass is 259 g/mol. The highest BCUT2D eigenvalue weighted by molar-refractivity contribution is 6.29. The van der Waals surface area contributed by atoms with Crippen LogP contribution < -0.4 is 5.32 Å². The number of aromatic nitrogens is 2. The van der Waals surface area contributed by atoms with Crippen molar-refractivity contribution < 1.29 is 9.84 Å². The van der Waals surface area contributed by atoms with Gasteiger partial charge in [0.2, 0.25) is 0 Å². The zero-order chi connectivity index (χ0) is 12.7. The minimum Gasteiger partial charge on any atom is -0.393 e. The van der Waals surface area contributed by atoms with Crippen molar-refractivity contribution in [2.75, 3.05) is 19.0 Å². The molecule has 0 bridgehead atoms. The molecule has 6 heteroatoms. The molecule has 1 aromatic heterocycles. The molecule has 17 heavy (non-hydrogen) atoms. The number of nitrogens with zero attached hydrogens (tertiary/aromatic N) is 2. The summed E-state index contributed by atoms with van der Waals surface area (Å²) < 4.78 is 4.95. The first-order valence-electron chi connectivity index (χ1n) is 5.60. The normalized spacial score (nSPS) is 12.5. The number of hydrogen-bond donors (Lipinski definition) is 2. The summed E-state index contributed by atoms with van der Waals surface area (Å²) in [5, 5.41) is 12.9. The molecule has 0 saturated heterocycles. The third-order valence-corrected chi connectivity index (χ3v) is 2.46. The summed E-state index contributed by atoms with van der Waals surface area (Å²) in [4.78, 5) is 8.26. The quantitative estimate of drug-likeness (QED) is 0.732. The Balaban J connectivity index is 2.52. The van der Waals surface area contributed by atoms with Crippen LogP contribution in [0.25, 0.3) is 0 Å². The van der Waals surface area contributed by atoms with Gasteiger partial charge in [-0.25, -0.2) is 9.97 Å². The predicted octanol–water partition coefficient (Wildman–Crippen LogP) is 1.85. The molecule has 0 amide bonds. The van der Waals surface area contributed by atoms with Gasteiger partial charge in [-0.2, -0.15) is 0 Å². The number of aliphatic hydroxyl groups excluding tert-OH is 1. The molecule has 1 unspecified atom stereocenters. The molecule has 0 radical (unpaired) electrons. The van der Waals surface area contributed by atoms with Gasteiger partial charge in [-0.3, -0.25) is 0 Å². The molecular weight excluding hydrogens is 242 g/mol. The van der Waals surface area contributed by atoms with Crippen LogP contribution in [-0.4, -0.2) is 34.8 Å². The van der Waals surface area contributed by atoms with Gasteiger partial charge in [0, 0.05) is 19.7 Å². The average Bonchev–Trinajstić information content (AvgIpc) is 2.28. The van der Waals surface area contributed by atoms with E-state index in [4.69, 9.17) is 16.3 Å². The van der Waals surface area contributed by atoms with Crippen molar-refractivity contribution in [2.45, 2.75) is 32.5 Å². The summed E-state index contributed by atoms with van der Waals surface area (Å²) in [6, 6.07) is 1.65. The summed E-state index contributed by atoms with van der Waals surface area (Å²) in [5.41, 5.74) is 0. The number of nitrogens with one attached hydrogen (secondary N) is 1. The maximum Gasteiger partial charge on any atom is 0.158 e. The van der Waals surface area contributed by atoms with Gasteiger partial charge in [0.1, 0.15) is 17.6 Å². The first-order valence-corrected chi connectivity index (χ1v) is 5.97. The van der Waals surface area contributed by atoms with E-state index in [2.05, 4.69) is 15.3 Å². The minimum atomic E-state index is -0.279. The van der Waals surface area contributed by atoms with Crippen molar-refractivity contribution in [3.8, 4) is 0 Å². The summed E-state index contributed by atoms with van der Waals surface area (Å²) in [6.45, 7) is 2.92. The number of rotatable bonds is 7. The number of ether oxygens (including phenoxy) is 1. The van der Waals surface area contributed by atoms with E-state index in [0.29, 0.717) is 36.4 Å². The number of anilines is 1. The van der Waals surface area contributed by atoms with Gasteiger partial charge in [0.25, 0.3) is 0 Å². The van der Waals surface area contributed by atoms with Crippen molar-refractivity contribution in [3.63, 3.8) is 0 Å². The van der Waals surface area contributed by atoms with Crippen LogP contribution in [0, 0.1) is 0 Å². The van der Waals surface area contributed by atoms with Crippen molar-refractivity contribution in [2.24, 2.45) is 0 Å². The third kappa shape index (κ3) is 5.30. The van der Waals surface area contributed by atoms with Crippen LogP contribution in [0.4, 0.5) is 5.82 Å². The Morgan fingerprint density at radius 2 is 2.29 bits per heavy atom. The molecule has 0 fully saturated rings. The Morgan fingerprint density at radius 1 is 1.53 bits per heavy atom. The summed E-state index contributed by atoms with van der Waals surface area (Å²) >= 11 is 5.86.